The molecule has 6 nitrogen and oxygen atoms in total. The second-order valence-corrected chi connectivity index (χ2v) is 12.0. The third-order valence-electron chi connectivity index (χ3n) is 4.83. The Balaban J connectivity index is 1.97. The molecule has 0 aliphatic carbocycles. The second-order valence-electron chi connectivity index (χ2n) is 6.96. The zero-order valence-electron chi connectivity index (χ0n) is 17.1. The molecule has 0 bridgehead atoms. The van der Waals surface area contributed by atoms with Crippen molar-refractivity contribution in [1.82, 2.24) is 4.72 Å². The summed E-state index contributed by atoms with van der Waals surface area (Å²) >= 11 is 1.04. The van der Waals surface area contributed by atoms with Gasteiger partial charge in [-0.25, -0.2) is 25.9 Å². The summed E-state index contributed by atoms with van der Waals surface area (Å²) in [6.45, 7) is 2.95. The Labute approximate surface area is 185 Å². The number of ether oxygens (including phenoxy) is 1. The van der Waals surface area contributed by atoms with Crippen molar-refractivity contribution in [1.29, 1.82) is 0 Å². The van der Waals surface area contributed by atoms with Crippen LogP contribution in [0.2, 0.25) is 0 Å². The highest BCUT2D eigenvalue weighted by Crippen LogP contribution is 2.32. The first kappa shape index (κ1) is 23.4. The average Bonchev–Trinajstić information content (AvgIpc) is 3.26. The molecular weight excluding hydrogens is 461 g/mol. The van der Waals surface area contributed by atoms with Gasteiger partial charge in [0.05, 0.1) is 12.0 Å². The molecule has 2 aromatic carbocycles. The average molecular weight is 484 g/mol. The van der Waals surface area contributed by atoms with Gasteiger partial charge in [-0.2, -0.15) is 0 Å². The first-order valence-electron chi connectivity index (χ1n) is 9.24. The van der Waals surface area contributed by atoms with Crippen molar-refractivity contribution in [2.45, 2.75) is 28.2 Å². The number of hydrogen-bond acceptors (Lipinski definition) is 6. The summed E-state index contributed by atoms with van der Waals surface area (Å²) in [6.07, 6.45) is 0. The predicted octanol–water partition coefficient (Wildman–Crippen LogP) is 4.01. The Hall–Kier alpha value is -2.27. The highest BCUT2D eigenvalue weighted by Gasteiger charge is 2.32. The summed E-state index contributed by atoms with van der Waals surface area (Å²) in [4.78, 5) is 0.0391. The molecule has 0 amide bonds. The molecule has 0 aliphatic rings. The predicted molar refractivity (Wildman–Crippen MR) is 118 cm³/mol. The molecule has 1 atom stereocenters. The zero-order valence-corrected chi connectivity index (χ0v) is 19.6. The maximum Gasteiger partial charge on any atom is 0.240 e. The molecule has 3 aromatic rings. The molecule has 0 radical (unpaired) electrons. The number of benzene rings is 2. The Kier molecular flexibility index (Phi) is 6.85. The molecule has 1 N–H and O–H groups in total. The van der Waals surface area contributed by atoms with E-state index in [1.807, 2.05) is 0 Å². The van der Waals surface area contributed by atoms with Crippen molar-refractivity contribution in [3.05, 3.63) is 76.4 Å². The molecule has 166 valence electrons. The van der Waals surface area contributed by atoms with Crippen LogP contribution in [0.5, 0.6) is 5.75 Å². The fourth-order valence-electron chi connectivity index (χ4n) is 3.19. The van der Waals surface area contributed by atoms with Gasteiger partial charge < -0.3 is 4.74 Å². The van der Waals surface area contributed by atoms with Gasteiger partial charge in [0.1, 0.15) is 21.0 Å². The van der Waals surface area contributed by atoms with Gasteiger partial charge in [0, 0.05) is 6.54 Å². The molecule has 3 rings (SSSR count). The summed E-state index contributed by atoms with van der Waals surface area (Å²) in [7, 11) is -6.43. The minimum atomic E-state index is -4.02. The van der Waals surface area contributed by atoms with Crippen LogP contribution in [-0.2, 0) is 19.9 Å². The van der Waals surface area contributed by atoms with Crippen LogP contribution in [-0.4, -0.2) is 30.5 Å². The van der Waals surface area contributed by atoms with Crippen LogP contribution in [0.15, 0.2) is 63.0 Å². The summed E-state index contributed by atoms with van der Waals surface area (Å²) in [5, 5.41) is 0.406. The SMILES string of the molecule is COc1cc(C)c(S(=O)(=O)NCC(c2ccc(F)cc2)S(=O)(=O)c2cccs2)cc1C. The molecule has 0 saturated heterocycles. The summed E-state index contributed by atoms with van der Waals surface area (Å²) in [6, 6.07) is 11.2. The third-order valence-corrected chi connectivity index (χ3v) is 9.93. The van der Waals surface area contributed by atoms with Crippen LogP contribution in [0.1, 0.15) is 21.9 Å². The Morgan fingerprint density at radius 2 is 1.71 bits per heavy atom. The lowest BCUT2D eigenvalue weighted by Crippen LogP contribution is -2.32. The number of rotatable bonds is 8. The van der Waals surface area contributed by atoms with E-state index in [9.17, 15) is 21.2 Å². The maximum absolute atomic E-state index is 13.4. The lowest BCUT2D eigenvalue weighted by atomic mass is 10.1. The van der Waals surface area contributed by atoms with E-state index in [2.05, 4.69) is 4.72 Å². The zero-order chi connectivity index (χ0) is 22.8. The molecule has 1 unspecified atom stereocenters. The summed E-state index contributed by atoms with van der Waals surface area (Å²) in [5.74, 6) is 0.0434. The van der Waals surface area contributed by atoms with Crippen molar-refractivity contribution in [3.63, 3.8) is 0 Å². The Bertz CT molecular complexity index is 1270. The Morgan fingerprint density at radius 3 is 2.29 bits per heavy atom. The molecular formula is C21H22FNO5S3. The van der Waals surface area contributed by atoms with Crippen molar-refractivity contribution < 1.29 is 26.0 Å². The molecule has 10 heteroatoms. The van der Waals surface area contributed by atoms with Gasteiger partial charge >= 0.3 is 0 Å². The normalized spacial score (nSPS) is 13.2. The van der Waals surface area contributed by atoms with Crippen LogP contribution in [0.25, 0.3) is 0 Å². The van der Waals surface area contributed by atoms with Crippen LogP contribution in [0.3, 0.4) is 0 Å². The number of nitrogens with one attached hydrogen (secondary N) is 1. The number of methoxy groups -OCH3 is 1. The van der Waals surface area contributed by atoms with Gasteiger partial charge in [-0.3, -0.25) is 0 Å². The topological polar surface area (TPSA) is 89.5 Å². The molecule has 1 heterocycles. The molecule has 0 aliphatic heterocycles. The minimum absolute atomic E-state index is 0.0391. The quantitative estimate of drug-likeness (QED) is 0.523. The lowest BCUT2D eigenvalue weighted by molar-refractivity contribution is 0.411. The highest BCUT2D eigenvalue weighted by molar-refractivity contribution is 7.93. The maximum atomic E-state index is 13.4. The van der Waals surface area contributed by atoms with Crippen LogP contribution < -0.4 is 9.46 Å². The van der Waals surface area contributed by atoms with E-state index < -0.39 is 37.5 Å². The fraction of sp³-hybridized carbons (Fsp3) is 0.238. The van der Waals surface area contributed by atoms with E-state index >= 15 is 0 Å². The van der Waals surface area contributed by atoms with Crippen molar-refractivity contribution in [2.24, 2.45) is 0 Å². The van der Waals surface area contributed by atoms with E-state index in [4.69, 9.17) is 4.74 Å². The molecule has 0 fully saturated rings. The minimum Gasteiger partial charge on any atom is -0.496 e. The summed E-state index contributed by atoms with van der Waals surface area (Å²) in [5.41, 5.74) is 1.39. The third kappa shape index (κ3) is 4.98. The molecule has 0 saturated carbocycles. The van der Waals surface area contributed by atoms with Crippen LogP contribution in [0.4, 0.5) is 4.39 Å². The number of sulfone groups is 1. The fourth-order valence-corrected chi connectivity index (χ4v) is 7.51. The van der Waals surface area contributed by atoms with Crippen LogP contribution >= 0.6 is 11.3 Å². The van der Waals surface area contributed by atoms with E-state index in [1.165, 1.54) is 31.4 Å². The van der Waals surface area contributed by atoms with E-state index in [0.717, 1.165) is 23.5 Å². The van der Waals surface area contributed by atoms with Crippen molar-refractivity contribution in [3.8, 4) is 5.75 Å². The van der Waals surface area contributed by atoms with E-state index in [0.29, 0.717) is 22.4 Å². The lowest BCUT2D eigenvalue weighted by Gasteiger charge is -2.19. The first-order chi connectivity index (χ1) is 14.6. The van der Waals surface area contributed by atoms with Crippen molar-refractivity contribution in [2.75, 3.05) is 13.7 Å². The number of aryl methyl sites for hydroxylation is 2. The molecule has 0 spiro atoms. The Morgan fingerprint density at radius 1 is 1.03 bits per heavy atom. The highest BCUT2D eigenvalue weighted by atomic mass is 32.2. The molecule has 1 aromatic heterocycles. The van der Waals surface area contributed by atoms with Gasteiger partial charge in [-0.05, 0) is 66.2 Å². The number of thiophene rings is 1. The molecule has 31 heavy (non-hydrogen) atoms. The first-order valence-corrected chi connectivity index (χ1v) is 13.1. The number of sulfonamides is 1. The van der Waals surface area contributed by atoms with E-state index in [-0.39, 0.29) is 9.10 Å². The van der Waals surface area contributed by atoms with Gasteiger partial charge in [-0.1, -0.05) is 18.2 Å². The largest absolute Gasteiger partial charge is 0.496 e. The van der Waals surface area contributed by atoms with Gasteiger partial charge in [0.15, 0.2) is 9.84 Å². The smallest absolute Gasteiger partial charge is 0.240 e. The summed E-state index contributed by atoms with van der Waals surface area (Å²) < 4.78 is 73.6. The monoisotopic (exact) mass is 483 g/mol. The standard InChI is InChI=1S/C21H22FNO5S3/c1-14-12-19(15(2)11-18(14)28-3)31(26,27)23-13-20(16-6-8-17(22)9-7-16)30(24,25)21-5-4-10-29-21/h4-12,20,23H,13H2,1-3H3. The van der Waals surface area contributed by atoms with Gasteiger partial charge in [0.2, 0.25) is 10.0 Å². The van der Waals surface area contributed by atoms with E-state index in [1.54, 1.807) is 31.4 Å². The number of hydrogen-bond donors (Lipinski definition) is 1. The number of halogens is 1. The van der Waals surface area contributed by atoms with Crippen LogP contribution in [0, 0.1) is 19.7 Å². The van der Waals surface area contributed by atoms with Crippen molar-refractivity contribution >= 4 is 31.2 Å². The second kappa shape index (κ2) is 9.07. The van der Waals surface area contributed by atoms with Gasteiger partial charge in [-0.15, -0.1) is 11.3 Å². The van der Waals surface area contributed by atoms with Gasteiger partial charge in [0.25, 0.3) is 0 Å².